The van der Waals surface area contributed by atoms with E-state index in [4.69, 9.17) is 9.84 Å². The number of fused-ring (bicyclic) bond motifs is 3. The maximum Gasteiger partial charge on any atom is 0.416 e. The molecule has 3 aromatic carbocycles. The lowest BCUT2D eigenvalue weighted by Crippen LogP contribution is -2.13. The van der Waals surface area contributed by atoms with E-state index in [1.54, 1.807) is 48.6 Å². The van der Waals surface area contributed by atoms with Crippen LogP contribution in [-0.2, 0) is 17.6 Å². The molecule has 0 bridgehead atoms. The highest BCUT2D eigenvalue weighted by molar-refractivity contribution is 7.99. The van der Waals surface area contributed by atoms with Gasteiger partial charge in [-0.3, -0.25) is 4.79 Å². The van der Waals surface area contributed by atoms with Crippen molar-refractivity contribution < 1.29 is 36.6 Å². The number of alkyl halides is 3. The zero-order valence-corrected chi connectivity index (χ0v) is 21.0. The van der Waals surface area contributed by atoms with Gasteiger partial charge in [-0.15, -0.1) is 11.8 Å². The molecule has 4 aromatic rings. The van der Waals surface area contributed by atoms with Crippen LogP contribution >= 0.6 is 11.8 Å². The summed E-state index contributed by atoms with van der Waals surface area (Å²) < 4.78 is 74.3. The van der Waals surface area contributed by atoms with Gasteiger partial charge in [0, 0.05) is 28.3 Å². The molecule has 0 saturated carbocycles. The van der Waals surface area contributed by atoms with E-state index in [0.29, 0.717) is 39.0 Å². The summed E-state index contributed by atoms with van der Waals surface area (Å²) in [7, 11) is 0. The van der Waals surface area contributed by atoms with Crippen molar-refractivity contribution in [1.29, 1.82) is 0 Å². The highest BCUT2D eigenvalue weighted by atomic mass is 32.2. The third-order valence-corrected chi connectivity index (χ3v) is 7.57. The van der Waals surface area contributed by atoms with Crippen molar-refractivity contribution in [3.63, 3.8) is 0 Å². The first kappa shape index (κ1) is 26.7. The van der Waals surface area contributed by atoms with Crippen LogP contribution in [0.4, 0.5) is 22.0 Å². The molecular weight excluding hydrogens is 537 g/mol. The van der Waals surface area contributed by atoms with E-state index in [0.717, 1.165) is 18.2 Å². The normalized spacial score (nSPS) is 15.1. The molecule has 10 heteroatoms. The van der Waals surface area contributed by atoms with E-state index in [9.17, 15) is 26.7 Å². The first-order chi connectivity index (χ1) is 18.6. The van der Waals surface area contributed by atoms with Crippen LogP contribution in [-0.4, -0.2) is 21.8 Å². The molecule has 1 aliphatic rings. The highest BCUT2D eigenvalue weighted by Gasteiger charge is 2.37. The Bertz CT molecular complexity index is 1600. The number of carboxylic acids is 1. The van der Waals surface area contributed by atoms with Crippen LogP contribution in [0, 0.1) is 11.6 Å². The van der Waals surface area contributed by atoms with Gasteiger partial charge >= 0.3 is 12.1 Å². The molecule has 0 amide bonds. The Morgan fingerprint density at radius 2 is 1.82 bits per heavy atom. The Hall–Kier alpha value is -3.92. The standard InChI is InChI=1S/C29H20F5NO3S/c30-23-13-17-6-8-18(35-25(17)14-24(23)31)7-4-16-5-9-26-20(12-16)28(39-11-10-27(36)37)19-2-1-3-22(29(32,33)34)21(19)15-38-26/h1-9,12-14,28H,10-11,15H2,(H,36,37)/b7-4+. The number of ether oxygens (including phenoxy) is 1. The smallest absolute Gasteiger partial charge is 0.416 e. The number of thioether (sulfide) groups is 1. The van der Waals surface area contributed by atoms with Crippen LogP contribution < -0.4 is 4.74 Å². The predicted octanol–water partition coefficient (Wildman–Crippen LogP) is 7.89. The Kier molecular flexibility index (Phi) is 7.31. The van der Waals surface area contributed by atoms with Gasteiger partial charge in [-0.25, -0.2) is 13.8 Å². The van der Waals surface area contributed by atoms with Gasteiger partial charge in [0.1, 0.15) is 12.4 Å². The topological polar surface area (TPSA) is 59.4 Å². The average molecular weight is 558 g/mol. The molecule has 0 fully saturated rings. The number of aromatic nitrogens is 1. The van der Waals surface area contributed by atoms with Crippen molar-refractivity contribution in [2.24, 2.45) is 0 Å². The summed E-state index contributed by atoms with van der Waals surface area (Å²) >= 11 is 1.24. The van der Waals surface area contributed by atoms with Crippen molar-refractivity contribution in [3.05, 3.63) is 106 Å². The second-order valence-electron chi connectivity index (χ2n) is 8.88. The van der Waals surface area contributed by atoms with E-state index < -0.39 is 34.6 Å². The number of rotatable bonds is 6. The van der Waals surface area contributed by atoms with Crippen molar-refractivity contribution >= 4 is 40.8 Å². The molecule has 5 rings (SSSR count). The number of hydrogen-bond acceptors (Lipinski definition) is 4. The second-order valence-corrected chi connectivity index (χ2v) is 10.1. The lowest BCUT2D eigenvalue weighted by Gasteiger charge is -2.21. The molecule has 1 unspecified atom stereocenters. The number of aliphatic carboxylic acids is 1. The zero-order chi connectivity index (χ0) is 27.7. The summed E-state index contributed by atoms with van der Waals surface area (Å²) in [6, 6.07) is 14.6. The largest absolute Gasteiger partial charge is 0.489 e. The summed E-state index contributed by atoms with van der Waals surface area (Å²) in [4.78, 5) is 15.5. The highest BCUT2D eigenvalue weighted by Crippen LogP contribution is 2.47. The van der Waals surface area contributed by atoms with Crippen LogP contribution in [0.5, 0.6) is 5.75 Å². The van der Waals surface area contributed by atoms with Gasteiger partial charge in [0.05, 0.1) is 28.4 Å². The fourth-order valence-corrected chi connectivity index (χ4v) is 5.75. The van der Waals surface area contributed by atoms with E-state index in [-0.39, 0.29) is 24.3 Å². The Morgan fingerprint density at radius 3 is 2.59 bits per heavy atom. The lowest BCUT2D eigenvalue weighted by atomic mass is 9.95. The number of benzene rings is 3. The average Bonchev–Trinajstić information content (AvgIpc) is 3.04. The molecule has 1 aromatic heterocycles. The minimum Gasteiger partial charge on any atom is -0.489 e. The molecule has 0 spiro atoms. The van der Waals surface area contributed by atoms with Gasteiger partial charge in [-0.1, -0.05) is 30.3 Å². The Balaban J connectivity index is 1.52. The summed E-state index contributed by atoms with van der Waals surface area (Å²) in [6.07, 6.45) is -1.30. The fraction of sp³-hybridized carbons (Fsp3) is 0.172. The predicted molar refractivity (Wildman–Crippen MR) is 139 cm³/mol. The molecule has 0 aliphatic carbocycles. The minimum absolute atomic E-state index is 0.0233. The first-order valence-electron chi connectivity index (χ1n) is 11.8. The number of halogens is 5. The maximum atomic E-state index is 13.8. The number of nitrogens with zero attached hydrogens (tertiary/aromatic N) is 1. The summed E-state index contributed by atoms with van der Waals surface area (Å²) in [6.45, 7) is -0.276. The van der Waals surface area contributed by atoms with Gasteiger partial charge in [0.15, 0.2) is 11.6 Å². The zero-order valence-electron chi connectivity index (χ0n) is 20.1. The second kappa shape index (κ2) is 10.7. The third kappa shape index (κ3) is 5.75. The minimum atomic E-state index is -4.57. The molecular formula is C29H20F5NO3S. The van der Waals surface area contributed by atoms with Crippen LogP contribution in [0.3, 0.4) is 0 Å². The monoisotopic (exact) mass is 557 g/mol. The van der Waals surface area contributed by atoms with Crippen LogP contribution in [0.2, 0.25) is 0 Å². The van der Waals surface area contributed by atoms with E-state index in [2.05, 4.69) is 4.98 Å². The van der Waals surface area contributed by atoms with Crippen molar-refractivity contribution in [1.82, 2.24) is 4.98 Å². The summed E-state index contributed by atoms with van der Waals surface area (Å²) in [5.41, 5.74) is 1.76. The quantitative estimate of drug-likeness (QED) is 0.244. The third-order valence-electron chi connectivity index (χ3n) is 6.29. The summed E-state index contributed by atoms with van der Waals surface area (Å²) in [5, 5.41) is 8.97. The molecule has 1 N–H and O–H groups in total. The van der Waals surface area contributed by atoms with E-state index in [1.807, 2.05) is 0 Å². The number of pyridine rings is 1. The van der Waals surface area contributed by atoms with E-state index in [1.165, 1.54) is 17.8 Å². The Labute approximate surface area is 224 Å². The molecule has 0 radical (unpaired) electrons. The van der Waals surface area contributed by atoms with Crippen molar-refractivity contribution in [2.45, 2.75) is 24.5 Å². The van der Waals surface area contributed by atoms with Crippen LogP contribution in [0.1, 0.15) is 45.2 Å². The lowest BCUT2D eigenvalue weighted by molar-refractivity contribution is -0.138. The SMILES string of the molecule is O=C(O)CCSC1c2cc(/C=C/c3ccc4cc(F)c(F)cc4n3)ccc2OCc2c1cccc2C(F)(F)F. The number of hydrogen-bond donors (Lipinski definition) is 1. The van der Waals surface area contributed by atoms with Gasteiger partial charge < -0.3 is 9.84 Å². The van der Waals surface area contributed by atoms with Crippen molar-refractivity contribution in [2.75, 3.05) is 5.75 Å². The maximum absolute atomic E-state index is 13.8. The first-order valence-corrected chi connectivity index (χ1v) is 12.9. The fourth-order valence-electron chi connectivity index (χ4n) is 4.45. The molecule has 1 atom stereocenters. The molecule has 2 heterocycles. The van der Waals surface area contributed by atoms with Gasteiger partial charge in [-0.05, 0) is 47.5 Å². The molecule has 4 nitrogen and oxygen atoms in total. The molecule has 0 saturated heterocycles. The number of carbonyl (C=O) groups is 1. The molecule has 200 valence electrons. The van der Waals surface area contributed by atoms with Gasteiger partial charge in [-0.2, -0.15) is 13.2 Å². The van der Waals surface area contributed by atoms with Crippen LogP contribution in [0.15, 0.2) is 60.7 Å². The van der Waals surface area contributed by atoms with Crippen LogP contribution in [0.25, 0.3) is 23.1 Å². The van der Waals surface area contributed by atoms with Gasteiger partial charge in [0.25, 0.3) is 0 Å². The van der Waals surface area contributed by atoms with Crippen molar-refractivity contribution in [3.8, 4) is 5.75 Å². The van der Waals surface area contributed by atoms with E-state index >= 15 is 0 Å². The van der Waals surface area contributed by atoms with Gasteiger partial charge in [0.2, 0.25) is 0 Å². The Morgan fingerprint density at radius 1 is 1.03 bits per heavy atom. The number of carboxylic acid groups (broad SMARTS) is 1. The molecule has 1 aliphatic heterocycles. The molecule has 39 heavy (non-hydrogen) atoms. The summed E-state index contributed by atoms with van der Waals surface area (Å²) in [5.74, 6) is -2.36.